The van der Waals surface area contributed by atoms with Crippen molar-refractivity contribution in [2.45, 2.75) is 46.0 Å². The van der Waals surface area contributed by atoms with Gasteiger partial charge in [0.25, 0.3) is 0 Å². The summed E-state index contributed by atoms with van der Waals surface area (Å²) in [5, 5.41) is 4.43. The van der Waals surface area contributed by atoms with Gasteiger partial charge in [-0.2, -0.15) is 13.2 Å². The molecule has 0 amide bonds. The van der Waals surface area contributed by atoms with Crippen molar-refractivity contribution in [3.05, 3.63) is 16.1 Å². The number of hydrogen-bond acceptors (Lipinski definition) is 4. The molecule has 1 aliphatic rings. The van der Waals surface area contributed by atoms with Crippen LogP contribution in [0.4, 0.5) is 13.2 Å². The number of alkyl halides is 3. The molecule has 2 heterocycles. The van der Waals surface area contributed by atoms with Gasteiger partial charge in [-0.15, -0.1) is 35.3 Å². The molecule has 1 atom stereocenters. The number of thiazole rings is 1. The quantitative estimate of drug-likeness (QED) is 0.367. The molecule has 0 spiro atoms. The molecule has 0 saturated carbocycles. The zero-order valence-corrected chi connectivity index (χ0v) is 19.4. The van der Waals surface area contributed by atoms with Crippen molar-refractivity contribution in [3.8, 4) is 0 Å². The van der Waals surface area contributed by atoms with Crippen LogP contribution in [0.25, 0.3) is 0 Å². The van der Waals surface area contributed by atoms with Crippen LogP contribution in [0, 0.1) is 5.92 Å². The van der Waals surface area contributed by atoms with E-state index in [-0.39, 0.29) is 24.0 Å². The van der Waals surface area contributed by atoms with Crippen LogP contribution in [-0.4, -0.2) is 66.2 Å². The van der Waals surface area contributed by atoms with E-state index in [1.54, 1.807) is 18.4 Å². The van der Waals surface area contributed by atoms with Crippen LogP contribution in [0.3, 0.4) is 0 Å². The second-order valence-corrected chi connectivity index (χ2v) is 8.16. The summed E-state index contributed by atoms with van der Waals surface area (Å²) in [5.41, 5.74) is 0. The molecule has 0 radical (unpaired) electrons. The number of nitrogens with one attached hydrogen (secondary N) is 1. The zero-order valence-electron chi connectivity index (χ0n) is 16.2. The summed E-state index contributed by atoms with van der Waals surface area (Å²) in [5.74, 6) is 1.30. The number of halogens is 4. The van der Waals surface area contributed by atoms with Crippen molar-refractivity contribution in [1.29, 1.82) is 0 Å². The third-order valence-electron chi connectivity index (χ3n) is 4.45. The van der Waals surface area contributed by atoms with E-state index in [0.29, 0.717) is 38.6 Å². The van der Waals surface area contributed by atoms with Crippen molar-refractivity contribution < 1.29 is 13.2 Å². The first-order valence-corrected chi connectivity index (χ1v) is 9.72. The Labute approximate surface area is 180 Å². The lowest BCUT2D eigenvalue weighted by Crippen LogP contribution is -2.56. The average molecular weight is 519 g/mol. The molecular weight excluding hydrogens is 490 g/mol. The van der Waals surface area contributed by atoms with E-state index in [4.69, 9.17) is 0 Å². The number of nitrogens with zero attached hydrogens (tertiary/aromatic N) is 4. The van der Waals surface area contributed by atoms with E-state index < -0.39 is 12.2 Å². The predicted octanol–water partition coefficient (Wildman–Crippen LogP) is 3.60. The summed E-state index contributed by atoms with van der Waals surface area (Å²) in [6, 6.07) is -1.41. The van der Waals surface area contributed by atoms with Crippen molar-refractivity contribution >= 4 is 41.3 Å². The van der Waals surface area contributed by atoms with Crippen LogP contribution in [0.5, 0.6) is 0 Å². The Balaban J connectivity index is 0.00000364. The maximum absolute atomic E-state index is 12.8. The van der Waals surface area contributed by atoms with Crippen molar-refractivity contribution in [3.63, 3.8) is 0 Å². The van der Waals surface area contributed by atoms with Gasteiger partial charge < -0.3 is 10.2 Å². The van der Waals surface area contributed by atoms with E-state index in [1.165, 1.54) is 11.8 Å². The monoisotopic (exact) mass is 519 g/mol. The summed E-state index contributed by atoms with van der Waals surface area (Å²) in [6.07, 6.45) is -1.33. The van der Waals surface area contributed by atoms with Gasteiger partial charge in [-0.25, -0.2) is 4.98 Å². The third-order valence-corrected chi connectivity index (χ3v) is 5.47. The van der Waals surface area contributed by atoms with Crippen LogP contribution in [0.1, 0.15) is 30.7 Å². The van der Waals surface area contributed by atoms with E-state index in [2.05, 4.69) is 29.1 Å². The van der Waals surface area contributed by atoms with Crippen molar-refractivity contribution in [2.24, 2.45) is 10.9 Å². The number of rotatable bonds is 5. The van der Waals surface area contributed by atoms with Crippen LogP contribution < -0.4 is 5.32 Å². The summed E-state index contributed by atoms with van der Waals surface area (Å²) in [4.78, 5) is 13.3. The SMILES string of the molecule is CN=C(NCc1cnc(CC(C)C)s1)N1CCN(C(C)C(F)(F)F)CC1.I. The zero-order chi connectivity index (χ0) is 19.3. The third kappa shape index (κ3) is 7.37. The van der Waals surface area contributed by atoms with Gasteiger partial charge in [0.2, 0.25) is 0 Å². The minimum absolute atomic E-state index is 0. The standard InChI is InChI=1S/C17H28F3N5S.HI/c1-12(2)9-15-22-10-14(26-15)11-23-16(21-4)25-7-5-24(6-8-25)13(3)17(18,19)20;/h10,12-13H,5-9,11H2,1-4H3,(H,21,23);1H. The smallest absolute Gasteiger partial charge is 0.351 e. The minimum Gasteiger partial charge on any atom is -0.351 e. The Morgan fingerprint density at radius 3 is 2.41 bits per heavy atom. The van der Waals surface area contributed by atoms with Gasteiger partial charge in [0, 0.05) is 50.7 Å². The molecule has 5 nitrogen and oxygen atoms in total. The number of hydrogen-bond donors (Lipinski definition) is 1. The molecule has 10 heteroatoms. The lowest BCUT2D eigenvalue weighted by Gasteiger charge is -2.39. The molecule has 27 heavy (non-hydrogen) atoms. The van der Waals surface area contributed by atoms with E-state index in [9.17, 15) is 13.2 Å². The van der Waals surface area contributed by atoms with Gasteiger partial charge in [-0.3, -0.25) is 9.89 Å². The fourth-order valence-electron chi connectivity index (χ4n) is 2.90. The Kier molecular flexibility index (Phi) is 9.76. The van der Waals surface area contributed by atoms with Gasteiger partial charge in [0.05, 0.1) is 11.6 Å². The average Bonchev–Trinajstić information content (AvgIpc) is 3.01. The summed E-state index contributed by atoms with van der Waals surface area (Å²) < 4.78 is 38.5. The number of piperazine rings is 1. The maximum atomic E-state index is 12.8. The summed E-state index contributed by atoms with van der Waals surface area (Å²) >= 11 is 1.69. The van der Waals surface area contributed by atoms with Gasteiger partial charge in [0.1, 0.15) is 6.04 Å². The van der Waals surface area contributed by atoms with E-state index in [1.807, 2.05) is 11.1 Å². The molecule has 156 valence electrons. The molecule has 2 rings (SSSR count). The Morgan fingerprint density at radius 1 is 1.26 bits per heavy atom. The highest BCUT2D eigenvalue weighted by Crippen LogP contribution is 2.25. The highest BCUT2D eigenvalue weighted by molar-refractivity contribution is 14.0. The first-order valence-electron chi connectivity index (χ1n) is 8.90. The Bertz CT molecular complexity index is 598. The van der Waals surface area contributed by atoms with Gasteiger partial charge >= 0.3 is 6.18 Å². The summed E-state index contributed by atoms with van der Waals surface area (Å²) in [6.45, 7) is 7.99. The second-order valence-electron chi connectivity index (χ2n) is 6.96. The lowest BCUT2D eigenvalue weighted by molar-refractivity contribution is -0.181. The lowest BCUT2D eigenvalue weighted by atomic mass is 10.1. The molecule has 0 aromatic carbocycles. The molecule has 1 N–H and O–H groups in total. The van der Waals surface area contributed by atoms with Crippen LogP contribution in [-0.2, 0) is 13.0 Å². The molecule has 1 fully saturated rings. The number of aromatic nitrogens is 1. The molecule has 1 aromatic heterocycles. The summed E-state index contributed by atoms with van der Waals surface area (Å²) in [7, 11) is 1.70. The van der Waals surface area contributed by atoms with Gasteiger partial charge in [-0.1, -0.05) is 13.8 Å². The predicted molar refractivity (Wildman–Crippen MR) is 115 cm³/mol. The molecule has 0 bridgehead atoms. The number of guanidine groups is 1. The first kappa shape index (κ1) is 24.4. The topological polar surface area (TPSA) is 43.8 Å². The van der Waals surface area contributed by atoms with E-state index >= 15 is 0 Å². The van der Waals surface area contributed by atoms with Crippen LogP contribution in [0.15, 0.2) is 11.2 Å². The largest absolute Gasteiger partial charge is 0.403 e. The normalized spacial score (nSPS) is 17.8. The molecule has 1 aliphatic heterocycles. The molecule has 1 saturated heterocycles. The second kappa shape index (κ2) is 10.8. The highest BCUT2D eigenvalue weighted by atomic mass is 127. The fourth-order valence-corrected chi connectivity index (χ4v) is 3.97. The van der Waals surface area contributed by atoms with Gasteiger partial charge in [-0.05, 0) is 12.8 Å². The first-order chi connectivity index (χ1) is 12.2. The van der Waals surface area contributed by atoms with Crippen LogP contribution >= 0.6 is 35.3 Å². The van der Waals surface area contributed by atoms with E-state index in [0.717, 1.165) is 22.3 Å². The Hall–Kier alpha value is -0.620. The van der Waals surface area contributed by atoms with Gasteiger partial charge in [0.15, 0.2) is 5.96 Å². The molecular formula is C17H29F3IN5S. The highest BCUT2D eigenvalue weighted by Gasteiger charge is 2.41. The molecule has 0 aliphatic carbocycles. The molecule has 1 aromatic rings. The Morgan fingerprint density at radius 2 is 1.89 bits per heavy atom. The fraction of sp³-hybridized carbons (Fsp3) is 0.765. The minimum atomic E-state index is -4.18. The number of aliphatic imine (C=N–C) groups is 1. The van der Waals surface area contributed by atoms with Crippen molar-refractivity contribution in [2.75, 3.05) is 33.2 Å². The maximum Gasteiger partial charge on any atom is 0.403 e. The van der Waals surface area contributed by atoms with Crippen LogP contribution in [0.2, 0.25) is 0 Å². The van der Waals surface area contributed by atoms with Crippen molar-refractivity contribution in [1.82, 2.24) is 20.1 Å². The molecule has 1 unspecified atom stereocenters.